The molecule has 23 heavy (non-hydrogen) atoms. The fraction of sp³-hybridized carbons (Fsp3) is 0. The largest absolute Gasteiger partial charge is 0.288 e. The zero-order valence-corrected chi connectivity index (χ0v) is 11.9. The maximum absolute atomic E-state index is 13.0. The highest BCUT2D eigenvalue weighted by molar-refractivity contribution is 5.79. The quantitative estimate of drug-likeness (QED) is 0.573. The van der Waals surface area contributed by atoms with Crippen LogP contribution in [-0.2, 0) is 0 Å². The van der Waals surface area contributed by atoms with Crippen LogP contribution in [-0.4, -0.2) is 21.4 Å². The number of H-pyrrole nitrogens is 1. The van der Waals surface area contributed by atoms with Crippen molar-refractivity contribution < 1.29 is 4.39 Å². The molecule has 0 atom stereocenters. The lowest BCUT2D eigenvalue weighted by Crippen LogP contribution is -2.15. The van der Waals surface area contributed by atoms with Gasteiger partial charge in [-0.2, -0.15) is 5.10 Å². The van der Waals surface area contributed by atoms with E-state index in [9.17, 15) is 9.18 Å². The highest BCUT2D eigenvalue weighted by Gasteiger charge is 2.06. The number of hydrazone groups is 1. The molecule has 1 aromatic heterocycles. The van der Waals surface area contributed by atoms with Crippen molar-refractivity contribution in [3.05, 3.63) is 76.3 Å². The van der Waals surface area contributed by atoms with Crippen molar-refractivity contribution in [2.24, 2.45) is 5.10 Å². The van der Waals surface area contributed by atoms with Gasteiger partial charge in [-0.25, -0.2) is 9.82 Å². The summed E-state index contributed by atoms with van der Waals surface area (Å²) in [5.41, 5.74) is 3.65. The van der Waals surface area contributed by atoms with Gasteiger partial charge < -0.3 is 0 Å². The third-order valence-electron chi connectivity index (χ3n) is 2.98. The molecular formula is C16H12FN5O. The number of benzene rings is 2. The second-order valence-electron chi connectivity index (χ2n) is 4.64. The molecule has 0 bridgehead atoms. The van der Waals surface area contributed by atoms with Gasteiger partial charge in [0.25, 0.3) is 5.56 Å². The van der Waals surface area contributed by atoms with Gasteiger partial charge in [-0.3, -0.25) is 9.78 Å². The summed E-state index contributed by atoms with van der Waals surface area (Å²) in [5, 5.41) is 11.6. The maximum atomic E-state index is 13.0. The molecule has 2 N–H and O–H groups in total. The van der Waals surface area contributed by atoms with Crippen molar-refractivity contribution in [1.82, 2.24) is 15.2 Å². The fourth-order valence-corrected chi connectivity index (χ4v) is 1.93. The molecule has 1 heterocycles. The van der Waals surface area contributed by atoms with Gasteiger partial charge in [-0.15, -0.1) is 10.2 Å². The van der Waals surface area contributed by atoms with Gasteiger partial charge in [0.1, 0.15) is 5.82 Å². The van der Waals surface area contributed by atoms with E-state index in [1.54, 1.807) is 24.3 Å². The number of nitrogens with zero attached hydrogens (tertiary/aromatic N) is 3. The van der Waals surface area contributed by atoms with E-state index in [0.29, 0.717) is 11.1 Å². The van der Waals surface area contributed by atoms with E-state index in [-0.39, 0.29) is 23.0 Å². The summed E-state index contributed by atoms with van der Waals surface area (Å²) in [6.07, 6.45) is 1.41. The van der Waals surface area contributed by atoms with Crippen molar-refractivity contribution in [3.8, 4) is 11.3 Å². The van der Waals surface area contributed by atoms with Crippen LogP contribution in [0.3, 0.4) is 0 Å². The molecule has 0 radical (unpaired) electrons. The maximum Gasteiger partial charge on any atom is 0.279 e. The van der Waals surface area contributed by atoms with E-state index in [1.807, 2.05) is 18.2 Å². The van der Waals surface area contributed by atoms with Crippen LogP contribution in [0.4, 0.5) is 10.3 Å². The lowest BCUT2D eigenvalue weighted by Gasteiger charge is -2.01. The van der Waals surface area contributed by atoms with Crippen molar-refractivity contribution in [1.29, 1.82) is 0 Å². The van der Waals surface area contributed by atoms with Gasteiger partial charge in [0.05, 0.1) is 6.21 Å². The van der Waals surface area contributed by atoms with Crippen LogP contribution in [0.1, 0.15) is 5.56 Å². The average Bonchev–Trinajstić information content (AvgIpc) is 2.56. The molecule has 0 saturated carbocycles. The molecule has 0 fully saturated rings. The second kappa shape index (κ2) is 6.61. The number of hydrogen-bond acceptors (Lipinski definition) is 5. The molecule has 3 aromatic rings. The smallest absolute Gasteiger partial charge is 0.279 e. The zero-order valence-electron chi connectivity index (χ0n) is 11.9. The van der Waals surface area contributed by atoms with Gasteiger partial charge >= 0.3 is 0 Å². The fourth-order valence-electron chi connectivity index (χ4n) is 1.93. The molecule has 2 aromatic carbocycles. The molecule has 0 amide bonds. The summed E-state index contributed by atoms with van der Waals surface area (Å²) in [7, 11) is 0. The Morgan fingerprint density at radius 3 is 2.65 bits per heavy atom. The molecule has 0 saturated heterocycles. The van der Waals surface area contributed by atoms with E-state index < -0.39 is 0 Å². The minimum Gasteiger partial charge on any atom is -0.288 e. The summed E-state index contributed by atoms with van der Waals surface area (Å²) in [6, 6.07) is 15.0. The Hall–Kier alpha value is -3.35. The molecule has 0 unspecified atom stereocenters. The van der Waals surface area contributed by atoms with E-state index in [0.717, 1.165) is 0 Å². The summed E-state index contributed by atoms with van der Waals surface area (Å²) < 4.78 is 13.0. The Morgan fingerprint density at radius 2 is 1.91 bits per heavy atom. The number of hydrogen-bond donors (Lipinski definition) is 2. The van der Waals surface area contributed by atoms with Crippen LogP contribution in [0, 0.1) is 5.82 Å². The highest BCUT2D eigenvalue weighted by atomic mass is 19.1. The summed E-state index contributed by atoms with van der Waals surface area (Å²) >= 11 is 0. The minimum absolute atomic E-state index is 0.0994. The lowest BCUT2D eigenvalue weighted by atomic mass is 10.2. The minimum atomic E-state index is -0.380. The van der Waals surface area contributed by atoms with Gasteiger partial charge in [-0.1, -0.05) is 42.5 Å². The first-order chi connectivity index (χ1) is 11.2. The van der Waals surface area contributed by atoms with Gasteiger partial charge in [0.2, 0.25) is 5.95 Å². The second-order valence-corrected chi connectivity index (χ2v) is 4.64. The zero-order chi connectivity index (χ0) is 16.1. The molecule has 0 aliphatic rings. The molecule has 114 valence electrons. The first-order valence-corrected chi connectivity index (χ1v) is 6.79. The summed E-state index contributed by atoms with van der Waals surface area (Å²) in [6.45, 7) is 0. The van der Waals surface area contributed by atoms with E-state index in [4.69, 9.17) is 0 Å². The molecular weight excluding hydrogens is 297 g/mol. The summed E-state index contributed by atoms with van der Waals surface area (Å²) in [4.78, 5) is 14.6. The van der Waals surface area contributed by atoms with Crippen molar-refractivity contribution >= 4 is 12.2 Å². The number of aromatic amines is 1. The first kappa shape index (κ1) is 14.6. The highest BCUT2D eigenvalue weighted by Crippen LogP contribution is 2.10. The number of rotatable bonds is 4. The van der Waals surface area contributed by atoms with Gasteiger partial charge in [0, 0.05) is 5.56 Å². The SMILES string of the molecule is O=c1[nH]c(N/N=C/c2cccc(F)c2)nnc1-c1ccccc1. The van der Waals surface area contributed by atoms with Crippen LogP contribution in [0.5, 0.6) is 0 Å². The monoisotopic (exact) mass is 309 g/mol. The Balaban J connectivity index is 1.75. The van der Waals surface area contributed by atoms with Gasteiger partial charge in [-0.05, 0) is 17.7 Å². The van der Waals surface area contributed by atoms with Crippen LogP contribution in [0.15, 0.2) is 64.5 Å². The predicted molar refractivity (Wildman–Crippen MR) is 85.7 cm³/mol. The standard InChI is InChI=1S/C16H12FN5O/c17-13-8-4-5-11(9-13)10-18-21-16-19-15(23)14(20-22-16)12-6-2-1-3-7-12/h1-10H,(H2,19,21,22,23)/b18-10+. The van der Waals surface area contributed by atoms with Crippen LogP contribution in [0.25, 0.3) is 11.3 Å². The number of halogens is 1. The van der Waals surface area contributed by atoms with Crippen LogP contribution in [0.2, 0.25) is 0 Å². The molecule has 0 spiro atoms. The average molecular weight is 309 g/mol. The van der Waals surface area contributed by atoms with E-state index in [2.05, 4.69) is 25.7 Å². The lowest BCUT2D eigenvalue weighted by molar-refractivity contribution is 0.627. The third kappa shape index (κ3) is 3.65. The number of aromatic nitrogens is 3. The van der Waals surface area contributed by atoms with Crippen molar-refractivity contribution in [2.45, 2.75) is 0 Å². The van der Waals surface area contributed by atoms with E-state index in [1.165, 1.54) is 18.3 Å². The molecule has 0 aliphatic carbocycles. The Kier molecular flexibility index (Phi) is 4.19. The Bertz CT molecular complexity index is 892. The normalized spacial score (nSPS) is 10.8. The Labute approximate surface area is 130 Å². The topological polar surface area (TPSA) is 83.0 Å². The van der Waals surface area contributed by atoms with Crippen molar-refractivity contribution in [3.63, 3.8) is 0 Å². The molecule has 3 rings (SSSR count). The molecule has 6 nitrogen and oxygen atoms in total. The molecule has 7 heteroatoms. The first-order valence-electron chi connectivity index (χ1n) is 6.79. The van der Waals surface area contributed by atoms with Crippen LogP contribution >= 0.6 is 0 Å². The molecule has 0 aliphatic heterocycles. The number of anilines is 1. The van der Waals surface area contributed by atoms with Crippen molar-refractivity contribution in [2.75, 3.05) is 5.43 Å². The third-order valence-corrected chi connectivity index (χ3v) is 2.98. The van der Waals surface area contributed by atoms with Gasteiger partial charge in [0.15, 0.2) is 5.69 Å². The van der Waals surface area contributed by atoms with E-state index >= 15 is 0 Å². The van der Waals surface area contributed by atoms with Crippen LogP contribution < -0.4 is 11.0 Å². The Morgan fingerprint density at radius 1 is 1.09 bits per heavy atom. The summed E-state index contributed by atoms with van der Waals surface area (Å²) in [5.74, 6) is -0.253. The predicted octanol–water partition coefficient (Wildman–Crippen LogP) is 2.42. The number of nitrogens with one attached hydrogen (secondary N) is 2.